The van der Waals surface area contributed by atoms with E-state index in [0.717, 1.165) is 11.3 Å². The third kappa shape index (κ3) is 6.92. The second-order valence-electron chi connectivity index (χ2n) is 8.77. The molecule has 33 heavy (non-hydrogen) atoms. The van der Waals surface area contributed by atoms with E-state index in [4.69, 9.17) is 21.1 Å². The molecule has 1 aromatic heterocycles. The molecule has 0 bridgehead atoms. The van der Waals surface area contributed by atoms with Crippen LogP contribution in [-0.2, 0) is 18.6 Å². The molecule has 1 N–H and O–H groups in total. The van der Waals surface area contributed by atoms with Gasteiger partial charge in [-0.1, -0.05) is 50.3 Å². The van der Waals surface area contributed by atoms with Gasteiger partial charge in [0.15, 0.2) is 0 Å². The van der Waals surface area contributed by atoms with Crippen molar-refractivity contribution in [1.82, 2.24) is 15.0 Å². The van der Waals surface area contributed by atoms with Gasteiger partial charge in [-0.3, -0.25) is 0 Å². The number of hydrogen-bond acceptors (Lipinski definition) is 5. The van der Waals surface area contributed by atoms with Crippen LogP contribution in [-0.4, -0.2) is 45.3 Å². The molecule has 0 aliphatic rings. The third-order valence-electron chi connectivity index (χ3n) is 5.51. The molecular weight excluding hydrogens is 444 g/mol. The number of alkyl halides is 2. The Morgan fingerprint density at radius 1 is 1.00 bits per heavy atom. The molecule has 3 rings (SSSR count). The highest BCUT2D eigenvalue weighted by Gasteiger charge is 2.23. The van der Waals surface area contributed by atoms with Gasteiger partial charge in [0, 0.05) is 17.2 Å². The molecule has 2 atom stereocenters. The molecule has 0 aliphatic heterocycles. The standard InChI is InChI=1S/C25H31ClFN3O3/c1-18(12-26)16-32-23-8-4-19(5-9-23)25(2,3)20-6-10-24(11-7-20)33-17-22(31)15-30-14-21(13-27)28-29-30/h4-11,14,18,22,31H,12-13,15-17H2,1-3H3/t18-,22-/m0/s1/i27-1. The predicted molar refractivity (Wildman–Crippen MR) is 127 cm³/mol. The summed E-state index contributed by atoms with van der Waals surface area (Å²) in [7, 11) is 0. The van der Waals surface area contributed by atoms with Gasteiger partial charge in [0.05, 0.1) is 19.3 Å². The average Bonchev–Trinajstić information content (AvgIpc) is 3.29. The fourth-order valence-electron chi connectivity index (χ4n) is 3.34. The molecule has 0 saturated heterocycles. The van der Waals surface area contributed by atoms with Gasteiger partial charge in [-0.2, -0.15) is 0 Å². The average molecular weight is 475 g/mol. The number of nitrogens with zero attached hydrogens (tertiary/aromatic N) is 3. The summed E-state index contributed by atoms with van der Waals surface area (Å²) in [4.78, 5) is 0. The van der Waals surface area contributed by atoms with Crippen LogP contribution in [0, 0.1) is 5.92 Å². The zero-order valence-corrected chi connectivity index (χ0v) is 20.0. The molecule has 6 nitrogen and oxygen atoms in total. The minimum atomic E-state index is -0.788. The quantitative estimate of drug-likeness (QED) is 0.383. The van der Waals surface area contributed by atoms with Crippen LogP contribution in [0.15, 0.2) is 54.7 Å². The Morgan fingerprint density at radius 3 is 2.03 bits per heavy atom. The van der Waals surface area contributed by atoms with Crippen molar-refractivity contribution in [2.45, 2.75) is 45.5 Å². The number of halogens is 2. The van der Waals surface area contributed by atoms with E-state index in [-0.39, 0.29) is 24.3 Å². The summed E-state index contributed by atoms with van der Waals surface area (Å²) in [6, 6.07) is 16.0. The van der Waals surface area contributed by atoms with E-state index < -0.39 is 12.8 Å². The topological polar surface area (TPSA) is 69.4 Å². The van der Waals surface area contributed by atoms with Gasteiger partial charge in [0.2, 0.25) is 0 Å². The fourth-order valence-corrected chi connectivity index (χ4v) is 3.42. The molecule has 1 heterocycles. The molecular formula is C25H31ClFN3O3. The van der Waals surface area contributed by atoms with Gasteiger partial charge in [0.25, 0.3) is 0 Å². The Labute approximate surface area is 199 Å². The van der Waals surface area contributed by atoms with Crippen LogP contribution in [0.25, 0.3) is 0 Å². The highest BCUT2D eigenvalue weighted by Crippen LogP contribution is 2.33. The first-order valence-electron chi connectivity index (χ1n) is 11.0. The van der Waals surface area contributed by atoms with Crippen molar-refractivity contribution in [3.8, 4) is 11.5 Å². The molecule has 0 radical (unpaired) electrons. The molecule has 0 unspecified atom stereocenters. The van der Waals surface area contributed by atoms with Crippen molar-refractivity contribution < 1.29 is 19.0 Å². The Kier molecular flexibility index (Phi) is 8.69. The molecule has 0 aliphatic carbocycles. The fraction of sp³-hybridized carbons (Fsp3) is 0.440. The zero-order valence-electron chi connectivity index (χ0n) is 19.2. The van der Waals surface area contributed by atoms with E-state index in [0.29, 0.717) is 24.2 Å². The van der Waals surface area contributed by atoms with Gasteiger partial charge in [-0.05, 0) is 35.4 Å². The first-order chi connectivity index (χ1) is 15.8. The highest BCUT2D eigenvalue weighted by molar-refractivity contribution is 6.18. The van der Waals surface area contributed by atoms with E-state index in [1.54, 1.807) is 0 Å². The van der Waals surface area contributed by atoms with Gasteiger partial charge in [-0.15, -0.1) is 16.7 Å². The van der Waals surface area contributed by atoms with Crippen LogP contribution < -0.4 is 9.47 Å². The lowest BCUT2D eigenvalue weighted by Gasteiger charge is -2.26. The van der Waals surface area contributed by atoms with Crippen molar-refractivity contribution in [3.63, 3.8) is 0 Å². The predicted octanol–water partition coefficient (Wildman–Crippen LogP) is 4.77. The van der Waals surface area contributed by atoms with Crippen LogP contribution in [0.1, 0.15) is 37.6 Å². The first kappa shape index (κ1) is 25.0. The second-order valence-corrected chi connectivity index (χ2v) is 9.08. The maximum Gasteiger partial charge on any atom is 0.135 e. The number of aromatic nitrogens is 3. The molecule has 0 saturated carbocycles. The number of ether oxygens (including phenoxy) is 2. The SMILES string of the molecule is C[C@@H](CCl)COc1ccc(C(C)(C)c2ccc(OC[C@@H](O)Cn3cc(C[18F])nn3)cc2)cc1. The van der Waals surface area contributed by atoms with Gasteiger partial charge in [-0.25, -0.2) is 9.07 Å². The van der Waals surface area contributed by atoms with Crippen LogP contribution in [0.2, 0.25) is 0 Å². The normalized spacial score (nSPS) is 13.5. The first-order valence-corrected chi connectivity index (χ1v) is 11.5. The lowest BCUT2D eigenvalue weighted by Crippen LogP contribution is -2.24. The van der Waals surface area contributed by atoms with Crippen LogP contribution in [0.5, 0.6) is 11.5 Å². The van der Waals surface area contributed by atoms with Crippen molar-refractivity contribution in [3.05, 3.63) is 71.5 Å². The van der Waals surface area contributed by atoms with Gasteiger partial charge < -0.3 is 14.6 Å². The summed E-state index contributed by atoms with van der Waals surface area (Å²) in [5, 5.41) is 17.6. The molecule has 0 spiro atoms. The number of aliphatic hydroxyl groups excluding tert-OH is 1. The van der Waals surface area contributed by atoms with Gasteiger partial charge >= 0.3 is 0 Å². The number of hydrogen-bond donors (Lipinski definition) is 1. The number of benzene rings is 2. The molecule has 3 aromatic rings. The second kappa shape index (κ2) is 11.5. The summed E-state index contributed by atoms with van der Waals surface area (Å²) < 4.78 is 25.4. The molecule has 8 heteroatoms. The minimum absolute atomic E-state index is 0.0946. The van der Waals surface area contributed by atoms with Crippen molar-refractivity contribution in [2.24, 2.45) is 5.92 Å². The van der Waals surface area contributed by atoms with Crippen molar-refractivity contribution in [2.75, 3.05) is 19.1 Å². The summed E-state index contributed by atoms with van der Waals surface area (Å²) in [6.07, 6.45) is 0.683. The highest BCUT2D eigenvalue weighted by atomic mass is 35.5. The Balaban J connectivity index is 1.55. The van der Waals surface area contributed by atoms with E-state index in [1.807, 2.05) is 36.4 Å². The Bertz CT molecular complexity index is 993. The summed E-state index contributed by atoms with van der Waals surface area (Å²) >= 11 is 5.84. The Hall–Kier alpha value is -2.64. The van der Waals surface area contributed by atoms with Crippen molar-refractivity contribution in [1.29, 1.82) is 0 Å². The Morgan fingerprint density at radius 2 is 1.55 bits per heavy atom. The largest absolute Gasteiger partial charge is 0.493 e. The smallest absolute Gasteiger partial charge is 0.135 e. The number of aliphatic hydroxyl groups is 1. The van der Waals surface area contributed by atoms with Crippen LogP contribution >= 0.6 is 11.6 Å². The molecule has 178 valence electrons. The third-order valence-corrected chi connectivity index (χ3v) is 6.04. The molecule has 0 fully saturated rings. The lowest BCUT2D eigenvalue weighted by molar-refractivity contribution is 0.0888. The van der Waals surface area contributed by atoms with Gasteiger partial charge in [0.1, 0.15) is 36.6 Å². The lowest BCUT2D eigenvalue weighted by atomic mass is 9.78. The summed E-state index contributed by atoms with van der Waals surface area (Å²) in [6.45, 7) is 6.59. The van der Waals surface area contributed by atoms with E-state index >= 15 is 0 Å². The molecule has 0 amide bonds. The van der Waals surface area contributed by atoms with Crippen LogP contribution in [0.4, 0.5) is 4.39 Å². The maximum atomic E-state index is 12.5. The van der Waals surface area contributed by atoms with Crippen molar-refractivity contribution >= 4 is 11.6 Å². The van der Waals surface area contributed by atoms with Crippen LogP contribution in [0.3, 0.4) is 0 Å². The summed E-state index contributed by atoms with van der Waals surface area (Å²) in [5.41, 5.74) is 2.34. The summed E-state index contributed by atoms with van der Waals surface area (Å²) in [5.74, 6) is 2.38. The minimum Gasteiger partial charge on any atom is -0.493 e. The van der Waals surface area contributed by atoms with E-state index in [1.165, 1.54) is 16.4 Å². The maximum absolute atomic E-state index is 12.5. The number of rotatable bonds is 12. The monoisotopic (exact) mass is 474 g/mol. The molecule has 2 aromatic carbocycles. The van der Waals surface area contributed by atoms with E-state index in [2.05, 4.69) is 43.2 Å². The zero-order chi connectivity index (χ0) is 23.8. The van der Waals surface area contributed by atoms with E-state index in [9.17, 15) is 9.50 Å².